The molecule has 0 aliphatic heterocycles. The van der Waals surface area contributed by atoms with Gasteiger partial charge in [-0.05, 0) is 48.1 Å². The van der Waals surface area contributed by atoms with Gasteiger partial charge in [0, 0.05) is 9.61 Å². The highest BCUT2D eigenvalue weighted by molar-refractivity contribution is 14.1. The lowest BCUT2D eigenvalue weighted by atomic mass is 10.1. The minimum absolute atomic E-state index is 0.0444. The summed E-state index contributed by atoms with van der Waals surface area (Å²) in [5.74, 6) is 0.0444. The number of halogens is 1. The minimum atomic E-state index is 0.0444. The summed E-state index contributed by atoms with van der Waals surface area (Å²) in [6.45, 7) is 4.29. The molecule has 0 heterocycles. The van der Waals surface area contributed by atoms with Gasteiger partial charge in [0.15, 0.2) is 0 Å². The van der Waals surface area contributed by atoms with Crippen LogP contribution in [0, 0.1) is 3.57 Å². The van der Waals surface area contributed by atoms with Crippen LogP contribution in [0.15, 0.2) is 24.3 Å². The SMILES string of the molecule is CCCCCC[C@@H](C)NC(=O)c1ccccc1I. The maximum absolute atomic E-state index is 12.0. The fraction of sp³-hybridized carbons (Fsp3) is 0.533. The summed E-state index contributed by atoms with van der Waals surface area (Å²) in [6, 6.07) is 7.95. The molecule has 2 nitrogen and oxygen atoms in total. The zero-order chi connectivity index (χ0) is 13.4. The standard InChI is InChI=1S/C15H22INO/c1-3-4-5-6-9-12(2)17-15(18)13-10-7-8-11-14(13)16/h7-8,10-12H,3-6,9H2,1-2H3,(H,17,18)/t12-/m1/s1. The van der Waals surface area contributed by atoms with Gasteiger partial charge in [-0.25, -0.2) is 0 Å². The molecule has 0 radical (unpaired) electrons. The van der Waals surface area contributed by atoms with Crippen LogP contribution in [0.1, 0.15) is 56.3 Å². The van der Waals surface area contributed by atoms with E-state index in [1.807, 2.05) is 24.3 Å². The Morgan fingerprint density at radius 1 is 1.28 bits per heavy atom. The predicted octanol–water partition coefficient (Wildman–Crippen LogP) is 4.38. The highest BCUT2D eigenvalue weighted by Gasteiger charge is 2.11. The van der Waals surface area contributed by atoms with Gasteiger partial charge < -0.3 is 5.32 Å². The first kappa shape index (κ1) is 15.5. The monoisotopic (exact) mass is 359 g/mol. The van der Waals surface area contributed by atoms with E-state index in [1.165, 1.54) is 25.7 Å². The zero-order valence-corrected chi connectivity index (χ0v) is 13.4. The summed E-state index contributed by atoms with van der Waals surface area (Å²) in [5, 5.41) is 3.07. The minimum Gasteiger partial charge on any atom is -0.350 e. The second-order valence-corrected chi connectivity index (χ2v) is 5.87. The van der Waals surface area contributed by atoms with Crippen LogP contribution in [-0.2, 0) is 0 Å². The maximum atomic E-state index is 12.0. The van der Waals surface area contributed by atoms with Crippen molar-refractivity contribution in [3.05, 3.63) is 33.4 Å². The van der Waals surface area contributed by atoms with Gasteiger partial charge in [-0.1, -0.05) is 44.7 Å². The van der Waals surface area contributed by atoms with Crippen LogP contribution in [0.5, 0.6) is 0 Å². The van der Waals surface area contributed by atoms with E-state index >= 15 is 0 Å². The summed E-state index contributed by atoms with van der Waals surface area (Å²) in [6.07, 6.45) is 6.07. The van der Waals surface area contributed by atoms with Crippen LogP contribution >= 0.6 is 22.6 Å². The van der Waals surface area contributed by atoms with E-state index in [-0.39, 0.29) is 11.9 Å². The van der Waals surface area contributed by atoms with Gasteiger partial charge in [0.05, 0.1) is 5.56 Å². The Kier molecular flexibility index (Phi) is 7.32. The Bertz CT molecular complexity index is 379. The van der Waals surface area contributed by atoms with Crippen molar-refractivity contribution < 1.29 is 4.79 Å². The van der Waals surface area contributed by atoms with Crippen molar-refractivity contribution in [1.82, 2.24) is 5.32 Å². The molecule has 0 unspecified atom stereocenters. The number of carbonyl (C=O) groups is 1. The number of hydrogen-bond acceptors (Lipinski definition) is 1. The molecule has 1 atom stereocenters. The normalized spacial score (nSPS) is 12.2. The van der Waals surface area contributed by atoms with Crippen LogP contribution in [0.4, 0.5) is 0 Å². The molecule has 1 aromatic rings. The molecule has 0 saturated heterocycles. The molecule has 0 saturated carbocycles. The Morgan fingerprint density at radius 2 is 2.00 bits per heavy atom. The van der Waals surface area contributed by atoms with E-state index in [2.05, 4.69) is 41.8 Å². The molecule has 100 valence electrons. The van der Waals surface area contributed by atoms with E-state index in [0.29, 0.717) is 0 Å². The molecule has 0 bridgehead atoms. The van der Waals surface area contributed by atoms with Crippen molar-refractivity contribution in [3.63, 3.8) is 0 Å². The van der Waals surface area contributed by atoms with Crippen LogP contribution in [-0.4, -0.2) is 11.9 Å². The molecule has 0 aliphatic rings. The molecule has 3 heteroatoms. The Balaban J connectivity index is 2.38. The predicted molar refractivity (Wildman–Crippen MR) is 84.8 cm³/mol. The Hall–Kier alpha value is -0.580. The van der Waals surface area contributed by atoms with Gasteiger partial charge in [-0.2, -0.15) is 0 Å². The van der Waals surface area contributed by atoms with E-state index in [4.69, 9.17) is 0 Å². The summed E-state index contributed by atoms with van der Waals surface area (Å²) >= 11 is 2.20. The highest BCUT2D eigenvalue weighted by Crippen LogP contribution is 2.12. The first-order chi connectivity index (χ1) is 8.65. The van der Waals surface area contributed by atoms with Gasteiger partial charge in [0.1, 0.15) is 0 Å². The molecule has 18 heavy (non-hydrogen) atoms. The lowest BCUT2D eigenvalue weighted by molar-refractivity contribution is 0.0937. The maximum Gasteiger partial charge on any atom is 0.252 e. The third-order valence-electron chi connectivity index (χ3n) is 2.99. The third kappa shape index (κ3) is 5.38. The molecule has 1 aromatic carbocycles. The molecule has 0 spiro atoms. The Morgan fingerprint density at radius 3 is 2.67 bits per heavy atom. The quantitative estimate of drug-likeness (QED) is 0.568. The average Bonchev–Trinajstić information content (AvgIpc) is 2.35. The van der Waals surface area contributed by atoms with Gasteiger partial charge in [0.25, 0.3) is 5.91 Å². The second kappa shape index (κ2) is 8.51. The number of benzene rings is 1. The van der Waals surface area contributed by atoms with Gasteiger partial charge in [0.2, 0.25) is 0 Å². The first-order valence-electron chi connectivity index (χ1n) is 6.70. The highest BCUT2D eigenvalue weighted by atomic mass is 127. The lowest BCUT2D eigenvalue weighted by Gasteiger charge is -2.14. The molecule has 0 aromatic heterocycles. The van der Waals surface area contributed by atoms with Crippen molar-refractivity contribution in [2.24, 2.45) is 0 Å². The number of hydrogen-bond donors (Lipinski definition) is 1. The number of amides is 1. The van der Waals surface area contributed by atoms with Crippen molar-refractivity contribution in [2.45, 2.75) is 52.0 Å². The molecule has 0 fully saturated rings. The van der Waals surface area contributed by atoms with Crippen molar-refractivity contribution in [3.8, 4) is 0 Å². The molecular weight excluding hydrogens is 337 g/mol. The van der Waals surface area contributed by atoms with Crippen LogP contribution < -0.4 is 5.32 Å². The lowest BCUT2D eigenvalue weighted by Crippen LogP contribution is -2.32. The van der Waals surface area contributed by atoms with E-state index in [0.717, 1.165) is 15.6 Å². The van der Waals surface area contributed by atoms with Crippen LogP contribution in [0.2, 0.25) is 0 Å². The van der Waals surface area contributed by atoms with Gasteiger partial charge in [-0.3, -0.25) is 4.79 Å². The van der Waals surface area contributed by atoms with Crippen molar-refractivity contribution in [2.75, 3.05) is 0 Å². The number of unbranched alkanes of at least 4 members (excludes halogenated alkanes) is 3. The number of rotatable bonds is 7. The van der Waals surface area contributed by atoms with Crippen LogP contribution in [0.3, 0.4) is 0 Å². The largest absolute Gasteiger partial charge is 0.350 e. The summed E-state index contributed by atoms with van der Waals surface area (Å²) in [4.78, 5) is 12.0. The fourth-order valence-corrected chi connectivity index (χ4v) is 2.53. The molecule has 1 amide bonds. The van der Waals surface area contributed by atoms with Crippen molar-refractivity contribution >= 4 is 28.5 Å². The third-order valence-corrected chi connectivity index (χ3v) is 3.93. The van der Waals surface area contributed by atoms with Gasteiger partial charge >= 0.3 is 0 Å². The van der Waals surface area contributed by atoms with Crippen molar-refractivity contribution in [1.29, 1.82) is 0 Å². The molecule has 1 rings (SSSR count). The van der Waals surface area contributed by atoms with Gasteiger partial charge in [-0.15, -0.1) is 0 Å². The molecule has 0 aliphatic carbocycles. The first-order valence-corrected chi connectivity index (χ1v) is 7.78. The second-order valence-electron chi connectivity index (χ2n) is 4.70. The van der Waals surface area contributed by atoms with Crippen LogP contribution in [0.25, 0.3) is 0 Å². The van der Waals surface area contributed by atoms with E-state index in [1.54, 1.807) is 0 Å². The zero-order valence-electron chi connectivity index (χ0n) is 11.2. The molecular formula is C15H22INO. The number of nitrogens with one attached hydrogen (secondary N) is 1. The summed E-state index contributed by atoms with van der Waals surface area (Å²) in [5.41, 5.74) is 0.776. The van der Waals surface area contributed by atoms with E-state index in [9.17, 15) is 4.79 Å². The average molecular weight is 359 g/mol. The number of carbonyl (C=O) groups excluding carboxylic acids is 1. The molecule has 1 N–H and O–H groups in total. The van der Waals surface area contributed by atoms with E-state index < -0.39 is 0 Å². The fourth-order valence-electron chi connectivity index (χ4n) is 1.90. The summed E-state index contributed by atoms with van der Waals surface area (Å²) < 4.78 is 1.01. The summed E-state index contributed by atoms with van der Waals surface area (Å²) in [7, 11) is 0. The smallest absolute Gasteiger partial charge is 0.252 e. The Labute approximate surface area is 124 Å². The topological polar surface area (TPSA) is 29.1 Å².